The predicted octanol–water partition coefficient (Wildman–Crippen LogP) is 2.46. The van der Waals surface area contributed by atoms with Crippen LogP contribution in [0.5, 0.6) is 11.5 Å². The SMILES string of the molecule is COc1cc(C)c(C(C#N)c2cnccn2)c(OC)c1. The molecule has 5 heteroatoms. The molecule has 2 rings (SSSR count). The Morgan fingerprint density at radius 1 is 1.20 bits per heavy atom. The number of hydrogen-bond donors (Lipinski definition) is 0. The highest BCUT2D eigenvalue weighted by Gasteiger charge is 2.22. The van der Waals surface area contributed by atoms with Gasteiger partial charge in [-0.3, -0.25) is 9.97 Å². The second kappa shape index (κ2) is 6.02. The third-order valence-electron chi connectivity index (χ3n) is 3.07. The van der Waals surface area contributed by atoms with Gasteiger partial charge in [-0.1, -0.05) is 0 Å². The van der Waals surface area contributed by atoms with E-state index >= 15 is 0 Å². The van der Waals surface area contributed by atoms with Crippen LogP contribution in [0.2, 0.25) is 0 Å². The zero-order valence-corrected chi connectivity index (χ0v) is 11.6. The second-order valence-electron chi connectivity index (χ2n) is 4.25. The highest BCUT2D eigenvalue weighted by atomic mass is 16.5. The molecular formula is C15H15N3O2. The molecule has 1 atom stereocenters. The third kappa shape index (κ3) is 2.54. The van der Waals surface area contributed by atoms with Crippen molar-refractivity contribution >= 4 is 0 Å². The fourth-order valence-corrected chi connectivity index (χ4v) is 2.13. The molecule has 1 aromatic carbocycles. The predicted molar refractivity (Wildman–Crippen MR) is 73.8 cm³/mol. The smallest absolute Gasteiger partial charge is 0.127 e. The van der Waals surface area contributed by atoms with Crippen LogP contribution in [0.25, 0.3) is 0 Å². The Bertz CT molecular complexity index is 636. The van der Waals surface area contributed by atoms with Gasteiger partial charge in [0.05, 0.1) is 32.2 Å². The molecule has 0 radical (unpaired) electrons. The van der Waals surface area contributed by atoms with Gasteiger partial charge in [-0.25, -0.2) is 0 Å². The summed E-state index contributed by atoms with van der Waals surface area (Å²) in [6.07, 6.45) is 4.75. The van der Waals surface area contributed by atoms with Gasteiger partial charge >= 0.3 is 0 Å². The summed E-state index contributed by atoms with van der Waals surface area (Å²) in [6.45, 7) is 1.92. The Balaban J connectivity index is 2.58. The first-order valence-corrected chi connectivity index (χ1v) is 6.09. The number of aryl methyl sites for hydroxylation is 1. The number of nitriles is 1. The Hall–Kier alpha value is -2.61. The molecule has 0 bridgehead atoms. The van der Waals surface area contributed by atoms with Gasteiger partial charge in [-0.15, -0.1) is 0 Å². The summed E-state index contributed by atoms with van der Waals surface area (Å²) in [7, 11) is 3.17. The lowest BCUT2D eigenvalue weighted by atomic mass is 9.92. The molecule has 1 unspecified atom stereocenters. The minimum atomic E-state index is -0.524. The normalized spacial score (nSPS) is 11.5. The van der Waals surface area contributed by atoms with Crippen molar-refractivity contribution in [1.29, 1.82) is 5.26 Å². The maximum Gasteiger partial charge on any atom is 0.127 e. The van der Waals surface area contributed by atoms with Crippen molar-refractivity contribution < 1.29 is 9.47 Å². The lowest BCUT2D eigenvalue weighted by Gasteiger charge is -2.17. The summed E-state index contributed by atoms with van der Waals surface area (Å²) in [6, 6.07) is 5.90. The number of rotatable bonds is 4. The summed E-state index contributed by atoms with van der Waals surface area (Å²) in [5.41, 5.74) is 2.30. The molecule has 0 aliphatic carbocycles. The summed E-state index contributed by atoms with van der Waals surface area (Å²) < 4.78 is 10.6. The molecule has 1 aromatic heterocycles. The standard InChI is InChI=1S/C15H15N3O2/c1-10-6-11(19-2)7-14(20-3)15(10)12(8-16)13-9-17-4-5-18-13/h4-7,9,12H,1-3H3. The maximum atomic E-state index is 9.50. The Kier molecular flexibility index (Phi) is 4.16. The van der Waals surface area contributed by atoms with Crippen molar-refractivity contribution in [2.24, 2.45) is 0 Å². The second-order valence-corrected chi connectivity index (χ2v) is 4.25. The van der Waals surface area contributed by atoms with E-state index < -0.39 is 5.92 Å². The number of aromatic nitrogens is 2. The molecule has 0 saturated heterocycles. The lowest BCUT2D eigenvalue weighted by Crippen LogP contribution is -2.06. The molecule has 0 N–H and O–H groups in total. The van der Waals surface area contributed by atoms with Crippen molar-refractivity contribution in [3.05, 3.63) is 47.5 Å². The van der Waals surface area contributed by atoms with Crippen molar-refractivity contribution in [3.63, 3.8) is 0 Å². The molecule has 2 aromatic rings. The molecular weight excluding hydrogens is 254 g/mol. The number of benzene rings is 1. The van der Waals surface area contributed by atoms with Gasteiger partial charge in [0.15, 0.2) is 0 Å². The van der Waals surface area contributed by atoms with Gasteiger partial charge in [0.2, 0.25) is 0 Å². The zero-order valence-electron chi connectivity index (χ0n) is 11.6. The van der Waals surface area contributed by atoms with Crippen LogP contribution in [-0.4, -0.2) is 24.2 Å². The lowest BCUT2D eigenvalue weighted by molar-refractivity contribution is 0.390. The van der Waals surface area contributed by atoms with Crippen LogP contribution in [0.4, 0.5) is 0 Å². The largest absolute Gasteiger partial charge is 0.497 e. The minimum absolute atomic E-state index is 0.524. The summed E-state index contributed by atoms with van der Waals surface area (Å²) >= 11 is 0. The van der Waals surface area contributed by atoms with E-state index in [0.29, 0.717) is 17.2 Å². The number of ether oxygens (including phenoxy) is 2. The van der Waals surface area contributed by atoms with Crippen molar-refractivity contribution in [2.75, 3.05) is 14.2 Å². The third-order valence-corrected chi connectivity index (χ3v) is 3.07. The first-order valence-electron chi connectivity index (χ1n) is 6.09. The number of nitrogens with zero attached hydrogens (tertiary/aromatic N) is 3. The van der Waals surface area contributed by atoms with Crippen molar-refractivity contribution in [1.82, 2.24) is 9.97 Å². The van der Waals surface area contributed by atoms with Gasteiger partial charge in [0, 0.05) is 24.0 Å². The number of hydrogen-bond acceptors (Lipinski definition) is 5. The summed E-state index contributed by atoms with van der Waals surface area (Å²) in [5.74, 6) is 0.780. The van der Waals surface area contributed by atoms with Gasteiger partial charge in [-0.05, 0) is 18.6 Å². The Labute approximate surface area is 117 Å². The zero-order chi connectivity index (χ0) is 14.5. The molecule has 102 valence electrons. The van der Waals surface area contributed by atoms with E-state index in [1.54, 1.807) is 38.9 Å². The monoisotopic (exact) mass is 269 g/mol. The molecule has 0 fully saturated rings. The van der Waals surface area contributed by atoms with E-state index in [2.05, 4.69) is 16.0 Å². The average Bonchev–Trinajstić information content (AvgIpc) is 2.50. The van der Waals surface area contributed by atoms with E-state index in [0.717, 1.165) is 11.1 Å². The average molecular weight is 269 g/mol. The Morgan fingerprint density at radius 3 is 2.55 bits per heavy atom. The molecule has 0 aliphatic rings. The topological polar surface area (TPSA) is 68.0 Å². The number of methoxy groups -OCH3 is 2. The van der Waals surface area contributed by atoms with E-state index in [-0.39, 0.29) is 0 Å². The molecule has 0 spiro atoms. The van der Waals surface area contributed by atoms with Crippen LogP contribution in [0.15, 0.2) is 30.7 Å². The molecule has 0 saturated carbocycles. The van der Waals surface area contributed by atoms with Crippen LogP contribution in [0, 0.1) is 18.3 Å². The summed E-state index contributed by atoms with van der Waals surface area (Å²) in [4.78, 5) is 8.23. The van der Waals surface area contributed by atoms with Gasteiger partial charge in [0.25, 0.3) is 0 Å². The molecule has 0 aliphatic heterocycles. The van der Waals surface area contributed by atoms with Crippen LogP contribution in [0.3, 0.4) is 0 Å². The van der Waals surface area contributed by atoms with Crippen molar-refractivity contribution in [3.8, 4) is 17.6 Å². The van der Waals surface area contributed by atoms with E-state index in [9.17, 15) is 5.26 Å². The Morgan fingerprint density at radius 2 is 2.00 bits per heavy atom. The molecule has 1 heterocycles. The highest BCUT2D eigenvalue weighted by Crippen LogP contribution is 2.36. The molecule has 20 heavy (non-hydrogen) atoms. The molecule has 0 amide bonds. The summed E-state index contributed by atoms with van der Waals surface area (Å²) in [5, 5.41) is 9.50. The molecule has 5 nitrogen and oxygen atoms in total. The highest BCUT2D eigenvalue weighted by molar-refractivity contribution is 5.52. The van der Waals surface area contributed by atoms with E-state index in [1.165, 1.54) is 0 Å². The van der Waals surface area contributed by atoms with Gasteiger partial charge < -0.3 is 9.47 Å². The first kappa shape index (κ1) is 13.8. The van der Waals surface area contributed by atoms with Crippen LogP contribution in [-0.2, 0) is 0 Å². The van der Waals surface area contributed by atoms with Crippen LogP contribution < -0.4 is 9.47 Å². The van der Waals surface area contributed by atoms with Crippen molar-refractivity contribution in [2.45, 2.75) is 12.8 Å². The van der Waals surface area contributed by atoms with Gasteiger partial charge in [0.1, 0.15) is 17.4 Å². The van der Waals surface area contributed by atoms with Gasteiger partial charge in [-0.2, -0.15) is 5.26 Å². The van der Waals surface area contributed by atoms with E-state index in [4.69, 9.17) is 9.47 Å². The quantitative estimate of drug-likeness (QED) is 0.852. The van der Waals surface area contributed by atoms with Crippen LogP contribution in [0.1, 0.15) is 22.7 Å². The fourth-order valence-electron chi connectivity index (χ4n) is 2.13. The van der Waals surface area contributed by atoms with Crippen LogP contribution >= 0.6 is 0 Å². The minimum Gasteiger partial charge on any atom is -0.497 e. The fraction of sp³-hybridized carbons (Fsp3) is 0.267. The first-order chi connectivity index (χ1) is 9.71. The van der Waals surface area contributed by atoms with E-state index in [1.807, 2.05) is 13.0 Å². The maximum absolute atomic E-state index is 9.50.